The molecule has 4 nitrogen and oxygen atoms in total. The molecule has 116 valence electrons. The molecule has 0 aromatic rings. The van der Waals surface area contributed by atoms with Gasteiger partial charge in [-0.05, 0) is 26.2 Å². The average molecular weight is 282 g/mol. The van der Waals surface area contributed by atoms with Crippen molar-refractivity contribution in [2.75, 3.05) is 39.5 Å². The SMILES string of the molecule is CC(C)CCCC(=O)N1C[N+]2(CCN(C(C)C)CC2)C1. The maximum atomic E-state index is 12.1. The molecule has 2 saturated heterocycles. The highest BCUT2D eigenvalue weighted by Crippen LogP contribution is 2.25. The average Bonchev–Trinajstić information content (AvgIpc) is 2.35. The smallest absolute Gasteiger partial charge is 0.231 e. The van der Waals surface area contributed by atoms with Gasteiger partial charge < -0.3 is 0 Å². The molecule has 4 heteroatoms. The molecular weight excluding hydrogens is 250 g/mol. The van der Waals surface area contributed by atoms with Gasteiger partial charge in [-0.25, -0.2) is 4.90 Å². The van der Waals surface area contributed by atoms with E-state index in [4.69, 9.17) is 0 Å². The van der Waals surface area contributed by atoms with Crippen LogP contribution in [0.3, 0.4) is 0 Å². The first kappa shape index (κ1) is 15.8. The van der Waals surface area contributed by atoms with Crippen LogP contribution in [0.25, 0.3) is 0 Å². The molecule has 0 aromatic heterocycles. The van der Waals surface area contributed by atoms with Crippen molar-refractivity contribution in [2.24, 2.45) is 5.92 Å². The summed E-state index contributed by atoms with van der Waals surface area (Å²) < 4.78 is 1.15. The molecule has 2 aliphatic heterocycles. The van der Waals surface area contributed by atoms with Gasteiger partial charge in [0.2, 0.25) is 5.91 Å². The highest BCUT2D eigenvalue weighted by Gasteiger charge is 2.46. The van der Waals surface area contributed by atoms with Crippen LogP contribution < -0.4 is 0 Å². The van der Waals surface area contributed by atoms with E-state index < -0.39 is 0 Å². The number of hydrogen-bond donors (Lipinski definition) is 0. The molecule has 0 saturated carbocycles. The predicted octanol–water partition coefficient (Wildman–Crippen LogP) is 2.11. The van der Waals surface area contributed by atoms with Crippen molar-refractivity contribution in [3.63, 3.8) is 0 Å². The quantitative estimate of drug-likeness (QED) is 0.721. The zero-order valence-corrected chi connectivity index (χ0v) is 13.8. The van der Waals surface area contributed by atoms with E-state index in [0.29, 0.717) is 17.9 Å². The first-order valence-electron chi connectivity index (χ1n) is 8.29. The zero-order valence-electron chi connectivity index (χ0n) is 13.8. The molecule has 1 amide bonds. The van der Waals surface area contributed by atoms with E-state index in [2.05, 4.69) is 37.5 Å². The fraction of sp³-hybridized carbons (Fsp3) is 0.938. The molecule has 2 fully saturated rings. The Balaban J connectivity index is 1.68. The Bertz CT molecular complexity index is 325. The van der Waals surface area contributed by atoms with Gasteiger partial charge in [-0.1, -0.05) is 20.3 Å². The first-order valence-corrected chi connectivity index (χ1v) is 8.29. The minimum Gasteiger partial charge on any atom is -0.290 e. The number of hydrogen-bond acceptors (Lipinski definition) is 2. The van der Waals surface area contributed by atoms with E-state index in [1.165, 1.54) is 32.6 Å². The summed E-state index contributed by atoms with van der Waals surface area (Å²) in [7, 11) is 0. The highest BCUT2D eigenvalue weighted by molar-refractivity contribution is 5.76. The van der Waals surface area contributed by atoms with E-state index in [1.54, 1.807) is 0 Å². The number of carbonyl (C=O) groups excluding carboxylic acids is 1. The Kier molecular flexibility index (Phi) is 5.08. The van der Waals surface area contributed by atoms with Crippen LogP contribution in [0.15, 0.2) is 0 Å². The Morgan fingerprint density at radius 1 is 1.10 bits per heavy atom. The molecule has 0 atom stereocenters. The third-order valence-electron chi connectivity index (χ3n) is 4.92. The van der Waals surface area contributed by atoms with Gasteiger partial charge in [0.1, 0.15) is 0 Å². The van der Waals surface area contributed by atoms with Crippen LogP contribution in [0.4, 0.5) is 0 Å². The number of amides is 1. The van der Waals surface area contributed by atoms with Gasteiger partial charge in [-0.3, -0.25) is 14.2 Å². The summed E-state index contributed by atoms with van der Waals surface area (Å²) in [6.45, 7) is 15.7. The lowest BCUT2D eigenvalue weighted by molar-refractivity contribution is -0.994. The van der Waals surface area contributed by atoms with E-state index in [0.717, 1.165) is 30.7 Å². The fourth-order valence-electron chi connectivity index (χ4n) is 3.36. The molecule has 0 radical (unpaired) electrons. The van der Waals surface area contributed by atoms with Gasteiger partial charge in [0, 0.05) is 25.6 Å². The third-order valence-corrected chi connectivity index (χ3v) is 4.92. The second kappa shape index (κ2) is 6.44. The monoisotopic (exact) mass is 282 g/mol. The number of piperazine rings is 1. The van der Waals surface area contributed by atoms with Crippen LogP contribution in [-0.4, -0.2) is 65.7 Å². The van der Waals surface area contributed by atoms with E-state index in [1.807, 2.05) is 0 Å². The van der Waals surface area contributed by atoms with E-state index in [9.17, 15) is 4.79 Å². The van der Waals surface area contributed by atoms with E-state index >= 15 is 0 Å². The Hall–Kier alpha value is -0.610. The summed E-state index contributed by atoms with van der Waals surface area (Å²) in [5.41, 5.74) is 0. The Labute approximate surface area is 124 Å². The van der Waals surface area contributed by atoms with Crippen molar-refractivity contribution in [3.8, 4) is 0 Å². The van der Waals surface area contributed by atoms with Gasteiger partial charge in [-0.2, -0.15) is 0 Å². The minimum atomic E-state index is 0.376. The summed E-state index contributed by atoms with van der Waals surface area (Å²) in [4.78, 5) is 16.7. The second-order valence-corrected chi connectivity index (χ2v) is 7.42. The summed E-state index contributed by atoms with van der Waals surface area (Å²) in [5.74, 6) is 1.09. The van der Waals surface area contributed by atoms with Crippen molar-refractivity contribution in [1.82, 2.24) is 9.80 Å². The number of rotatable bonds is 5. The number of nitrogens with zero attached hydrogens (tertiary/aromatic N) is 3. The predicted molar refractivity (Wildman–Crippen MR) is 82.0 cm³/mol. The van der Waals surface area contributed by atoms with Crippen LogP contribution in [0.1, 0.15) is 47.0 Å². The Morgan fingerprint density at radius 3 is 2.20 bits per heavy atom. The van der Waals surface area contributed by atoms with Crippen molar-refractivity contribution in [1.29, 1.82) is 0 Å². The molecule has 2 aliphatic rings. The standard InChI is InChI=1S/C16H32N3O/c1-14(2)6-5-7-16(20)18-12-19(13-18)10-8-17(9-11-19)15(3)4/h14-15H,5-13H2,1-4H3/q+1. The van der Waals surface area contributed by atoms with Crippen LogP contribution >= 0.6 is 0 Å². The normalized spacial score (nSPS) is 22.6. The molecule has 0 N–H and O–H groups in total. The molecule has 0 aliphatic carbocycles. The van der Waals surface area contributed by atoms with Crippen molar-refractivity contribution < 1.29 is 9.28 Å². The van der Waals surface area contributed by atoms with Crippen LogP contribution in [0.2, 0.25) is 0 Å². The summed E-state index contributed by atoms with van der Waals surface area (Å²) in [6, 6.07) is 0.658. The molecule has 1 spiro atoms. The largest absolute Gasteiger partial charge is 0.290 e. The Morgan fingerprint density at radius 2 is 1.70 bits per heavy atom. The van der Waals surface area contributed by atoms with Gasteiger partial charge in [0.05, 0.1) is 13.1 Å². The van der Waals surface area contributed by atoms with Crippen LogP contribution in [0, 0.1) is 5.92 Å². The lowest BCUT2D eigenvalue weighted by Gasteiger charge is -2.55. The molecule has 0 aromatic carbocycles. The molecule has 2 rings (SSSR count). The van der Waals surface area contributed by atoms with Crippen molar-refractivity contribution >= 4 is 5.91 Å². The van der Waals surface area contributed by atoms with Gasteiger partial charge in [0.15, 0.2) is 13.3 Å². The first-order chi connectivity index (χ1) is 9.42. The van der Waals surface area contributed by atoms with Crippen molar-refractivity contribution in [3.05, 3.63) is 0 Å². The molecule has 20 heavy (non-hydrogen) atoms. The van der Waals surface area contributed by atoms with Gasteiger partial charge in [0.25, 0.3) is 0 Å². The summed E-state index contributed by atoms with van der Waals surface area (Å²) >= 11 is 0. The third kappa shape index (κ3) is 3.73. The summed E-state index contributed by atoms with van der Waals surface area (Å²) in [5, 5.41) is 0. The molecular formula is C16H32N3O+. The second-order valence-electron chi connectivity index (χ2n) is 7.42. The minimum absolute atomic E-state index is 0.376. The lowest BCUT2D eigenvalue weighted by atomic mass is 10.1. The lowest BCUT2D eigenvalue weighted by Crippen LogP contribution is -2.75. The number of quaternary nitrogens is 1. The highest BCUT2D eigenvalue weighted by atomic mass is 16.2. The molecule has 2 heterocycles. The van der Waals surface area contributed by atoms with Gasteiger partial charge in [-0.15, -0.1) is 0 Å². The topological polar surface area (TPSA) is 23.6 Å². The van der Waals surface area contributed by atoms with E-state index in [-0.39, 0.29) is 0 Å². The fourth-order valence-corrected chi connectivity index (χ4v) is 3.36. The maximum Gasteiger partial charge on any atom is 0.231 e. The molecule has 0 bridgehead atoms. The van der Waals surface area contributed by atoms with Crippen molar-refractivity contribution in [2.45, 2.75) is 53.0 Å². The van der Waals surface area contributed by atoms with Gasteiger partial charge >= 0.3 is 0 Å². The maximum absolute atomic E-state index is 12.1. The molecule has 0 unspecified atom stereocenters. The van der Waals surface area contributed by atoms with Crippen LogP contribution in [-0.2, 0) is 4.79 Å². The number of carbonyl (C=O) groups is 1. The zero-order chi connectivity index (χ0) is 14.8. The van der Waals surface area contributed by atoms with Crippen LogP contribution in [0.5, 0.6) is 0 Å². The summed E-state index contributed by atoms with van der Waals surface area (Å²) in [6.07, 6.45) is 2.97.